The Morgan fingerprint density at radius 3 is 2.88 bits per heavy atom. The van der Waals surface area contributed by atoms with Crippen molar-refractivity contribution in [2.24, 2.45) is 0 Å². The lowest BCUT2D eigenvalue weighted by Gasteiger charge is -2.30. The van der Waals surface area contributed by atoms with Gasteiger partial charge in [-0.25, -0.2) is 0 Å². The van der Waals surface area contributed by atoms with E-state index in [1.807, 2.05) is 30.5 Å². The van der Waals surface area contributed by atoms with Crippen molar-refractivity contribution in [2.45, 2.75) is 38.9 Å². The van der Waals surface area contributed by atoms with Crippen LogP contribution in [0, 0.1) is 0 Å². The second-order valence-corrected chi connectivity index (χ2v) is 6.59. The van der Waals surface area contributed by atoms with Crippen LogP contribution in [0.4, 0.5) is 0 Å². The van der Waals surface area contributed by atoms with Gasteiger partial charge >= 0.3 is 0 Å². The van der Waals surface area contributed by atoms with Gasteiger partial charge in [0, 0.05) is 31.9 Å². The molecule has 1 aliphatic rings. The summed E-state index contributed by atoms with van der Waals surface area (Å²) in [6.45, 7) is 7.29. The Morgan fingerprint density at radius 2 is 2.12 bits per heavy atom. The van der Waals surface area contributed by atoms with E-state index in [1.165, 1.54) is 19.4 Å². The van der Waals surface area contributed by atoms with Crippen LogP contribution in [-0.4, -0.2) is 45.6 Å². The molecule has 1 aliphatic heterocycles. The van der Waals surface area contributed by atoms with Crippen LogP contribution in [0.2, 0.25) is 0 Å². The minimum absolute atomic E-state index is 0.335. The number of hydrogen-bond acceptors (Lipinski definition) is 4. The van der Waals surface area contributed by atoms with E-state index in [4.69, 9.17) is 0 Å². The van der Waals surface area contributed by atoms with Gasteiger partial charge in [-0.05, 0) is 55.8 Å². The summed E-state index contributed by atoms with van der Waals surface area (Å²) in [6.07, 6.45) is 4.42. The smallest absolute Gasteiger partial charge is 0.115 e. The second kappa shape index (κ2) is 8.27. The third-order valence-corrected chi connectivity index (χ3v) is 4.80. The average molecular weight is 325 g/mol. The summed E-state index contributed by atoms with van der Waals surface area (Å²) < 4.78 is 0. The van der Waals surface area contributed by atoms with Gasteiger partial charge in [0.2, 0.25) is 0 Å². The molecular formula is C20H27N3O. The van der Waals surface area contributed by atoms with Crippen LogP contribution in [-0.2, 0) is 13.1 Å². The Morgan fingerprint density at radius 1 is 1.21 bits per heavy atom. The maximum atomic E-state index is 9.74. The molecule has 1 saturated heterocycles. The molecule has 0 radical (unpaired) electrons. The molecule has 0 unspecified atom stereocenters. The molecule has 128 valence electrons. The standard InChI is InChI=1S/C20H27N3O/c1-2-23-12-6-9-19(23)16-22(15-18-8-3-4-11-21-18)14-17-7-5-10-20(24)13-17/h3-5,7-8,10-11,13,19,24H,2,6,9,12,14-16H2,1H3/t19-/m1/s1. The van der Waals surface area contributed by atoms with Crippen molar-refractivity contribution in [3.63, 3.8) is 0 Å². The van der Waals surface area contributed by atoms with Crippen molar-refractivity contribution in [3.05, 3.63) is 59.9 Å². The van der Waals surface area contributed by atoms with E-state index in [0.717, 1.165) is 37.4 Å². The topological polar surface area (TPSA) is 39.6 Å². The lowest BCUT2D eigenvalue weighted by atomic mass is 10.1. The highest BCUT2D eigenvalue weighted by Crippen LogP contribution is 2.20. The maximum absolute atomic E-state index is 9.74. The predicted molar refractivity (Wildman–Crippen MR) is 96.7 cm³/mol. The van der Waals surface area contributed by atoms with Crippen LogP contribution >= 0.6 is 0 Å². The fourth-order valence-corrected chi connectivity index (χ4v) is 3.64. The molecule has 0 bridgehead atoms. The largest absolute Gasteiger partial charge is 0.508 e. The summed E-state index contributed by atoms with van der Waals surface area (Å²) in [4.78, 5) is 9.52. The molecule has 2 heterocycles. The zero-order chi connectivity index (χ0) is 16.8. The minimum atomic E-state index is 0.335. The number of nitrogens with zero attached hydrogens (tertiary/aromatic N) is 3. The molecule has 1 aromatic carbocycles. The molecule has 1 aromatic heterocycles. The Balaban J connectivity index is 1.72. The van der Waals surface area contributed by atoms with E-state index in [-0.39, 0.29) is 0 Å². The summed E-state index contributed by atoms with van der Waals surface area (Å²) in [5, 5.41) is 9.74. The van der Waals surface area contributed by atoms with Crippen LogP contribution < -0.4 is 0 Å². The fourth-order valence-electron chi connectivity index (χ4n) is 3.64. The van der Waals surface area contributed by atoms with Crippen LogP contribution in [0.1, 0.15) is 31.0 Å². The Labute approximate surface area is 144 Å². The average Bonchev–Trinajstić information content (AvgIpc) is 3.03. The number of hydrogen-bond donors (Lipinski definition) is 1. The number of pyridine rings is 1. The first-order valence-corrected chi connectivity index (χ1v) is 8.89. The van der Waals surface area contributed by atoms with E-state index in [0.29, 0.717) is 11.8 Å². The summed E-state index contributed by atoms with van der Waals surface area (Å²) in [5.74, 6) is 0.335. The number of likely N-dealkylation sites (N-methyl/N-ethyl adjacent to an activating group) is 1. The zero-order valence-electron chi connectivity index (χ0n) is 14.4. The van der Waals surface area contributed by atoms with Crippen molar-refractivity contribution in [1.29, 1.82) is 0 Å². The Bertz CT molecular complexity index is 632. The fraction of sp³-hybridized carbons (Fsp3) is 0.450. The normalized spacial score (nSPS) is 18.3. The first kappa shape index (κ1) is 16.9. The number of phenolic OH excluding ortho intramolecular Hbond substituents is 1. The lowest BCUT2D eigenvalue weighted by Crippen LogP contribution is -2.39. The number of rotatable bonds is 7. The van der Waals surface area contributed by atoms with Gasteiger partial charge in [0.05, 0.1) is 5.69 Å². The molecule has 0 aliphatic carbocycles. The monoisotopic (exact) mass is 325 g/mol. The number of benzene rings is 1. The molecule has 24 heavy (non-hydrogen) atoms. The quantitative estimate of drug-likeness (QED) is 0.848. The lowest BCUT2D eigenvalue weighted by molar-refractivity contribution is 0.164. The predicted octanol–water partition coefficient (Wildman–Crippen LogP) is 3.27. The summed E-state index contributed by atoms with van der Waals surface area (Å²) in [5.41, 5.74) is 2.24. The molecule has 2 aromatic rings. The Kier molecular flexibility index (Phi) is 5.83. The van der Waals surface area contributed by atoms with Crippen LogP contribution in [0.15, 0.2) is 48.7 Å². The van der Waals surface area contributed by atoms with E-state index in [1.54, 1.807) is 6.07 Å². The molecule has 1 atom stereocenters. The summed E-state index contributed by atoms with van der Waals surface area (Å²) in [7, 11) is 0. The van der Waals surface area contributed by atoms with Gasteiger partial charge in [0.1, 0.15) is 5.75 Å². The van der Waals surface area contributed by atoms with E-state index in [9.17, 15) is 5.11 Å². The van der Waals surface area contributed by atoms with E-state index < -0.39 is 0 Å². The van der Waals surface area contributed by atoms with Gasteiger partial charge in [-0.2, -0.15) is 0 Å². The third kappa shape index (κ3) is 4.56. The molecule has 0 amide bonds. The van der Waals surface area contributed by atoms with Gasteiger partial charge in [0.15, 0.2) is 0 Å². The minimum Gasteiger partial charge on any atom is -0.508 e. The highest BCUT2D eigenvalue weighted by molar-refractivity contribution is 5.27. The van der Waals surface area contributed by atoms with Crippen molar-refractivity contribution < 1.29 is 5.11 Å². The third-order valence-electron chi connectivity index (χ3n) is 4.80. The summed E-state index contributed by atoms with van der Waals surface area (Å²) in [6, 6.07) is 14.3. The molecular weight excluding hydrogens is 298 g/mol. The molecule has 4 heteroatoms. The highest BCUT2D eigenvalue weighted by Gasteiger charge is 2.25. The first-order valence-electron chi connectivity index (χ1n) is 8.89. The van der Waals surface area contributed by atoms with Crippen LogP contribution in [0.5, 0.6) is 5.75 Å². The SMILES string of the molecule is CCN1CCC[C@@H]1CN(Cc1cccc(O)c1)Cc1ccccn1. The van der Waals surface area contributed by atoms with Gasteiger partial charge < -0.3 is 5.11 Å². The summed E-state index contributed by atoms with van der Waals surface area (Å²) >= 11 is 0. The second-order valence-electron chi connectivity index (χ2n) is 6.59. The highest BCUT2D eigenvalue weighted by atomic mass is 16.3. The van der Waals surface area contributed by atoms with Gasteiger partial charge in [-0.3, -0.25) is 14.8 Å². The zero-order valence-corrected chi connectivity index (χ0v) is 14.4. The number of aromatic hydroxyl groups is 1. The maximum Gasteiger partial charge on any atom is 0.115 e. The van der Waals surface area contributed by atoms with Crippen LogP contribution in [0.25, 0.3) is 0 Å². The number of likely N-dealkylation sites (tertiary alicyclic amines) is 1. The van der Waals surface area contributed by atoms with Gasteiger partial charge in [-0.1, -0.05) is 25.1 Å². The molecule has 0 spiro atoms. The number of phenols is 1. The van der Waals surface area contributed by atoms with Crippen molar-refractivity contribution in [2.75, 3.05) is 19.6 Å². The molecule has 1 fully saturated rings. The van der Waals surface area contributed by atoms with Crippen molar-refractivity contribution in [3.8, 4) is 5.75 Å². The number of aromatic nitrogens is 1. The van der Waals surface area contributed by atoms with Crippen molar-refractivity contribution in [1.82, 2.24) is 14.8 Å². The van der Waals surface area contributed by atoms with Gasteiger partial charge in [-0.15, -0.1) is 0 Å². The molecule has 3 rings (SSSR count). The van der Waals surface area contributed by atoms with Crippen LogP contribution in [0.3, 0.4) is 0 Å². The first-order chi connectivity index (χ1) is 11.7. The molecule has 4 nitrogen and oxygen atoms in total. The van der Waals surface area contributed by atoms with Gasteiger partial charge in [0.25, 0.3) is 0 Å². The van der Waals surface area contributed by atoms with E-state index >= 15 is 0 Å². The van der Waals surface area contributed by atoms with Crippen molar-refractivity contribution >= 4 is 0 Å². The Hall–Kier alpha value is -1.91. The van der Waals surface area contributed by atoms with E-state index in [2.05, 4.69) is 33.8 Å². The molecule has 0 saturated carbocycles. The molecule has 1 N–H and O–H groups in total.